The predicted octanol–water partition coefficient (Wildman–Crippen LogP) is 4.48. The molecular weight excluding hydrogens is 310 g/mol. The summed E-state index contributed by atoms with van der Waals surface area (Å²) in [6.45, 7) is 16.1. The summed E-state index contributed by atoms with van der Waals surface area (Å²) in [6.07, 6.45) is 5.83. The number of hydrogen-bond acceptors (Lipinski definition) is 1. The summed E-state index contributed by atoms with van der Waals surface area (Å²) in [5, 5.41) is 0. The summed E-state index contributed by atoms with van der Waals surface area (Å²) in [7, 11) is -1.05. The Labute approximate surface area is 123 Å². The van der Waals surface area contributed by atoms with Crippen molar-refractivity contribution in [3.8, 4) is 0 Å². The van der Waals surface area contributed by atoms with Gasteiger partial charge in [-0.1, -0.05) is 48.5 Å². The summed E-state index contributed by atoms with van der Waals surface area (Å²) < 4.78 is 15.3. The Hall–Kier alpha value is -0.190. The molecular formula is C14H26BrNOS. The molecule has 0 amide bonds. The van der Waals surface area contributed by atoms with Crippen LogP contribution in [0, 0.1) is 0 Å². The average Bonchev–Trinajstić information content (AvgIpc) is 2.26. The minimum absolute atomic E-state index is 0.244. The maximum Gasteiger partial charge on any atom is 0.0973 e. The van der Waals surface area contributed by atoms with Gasteiger partial charge in [0.2, 0.25) is 0 Å². The third-order valence-electron chi connectivity index (χ3n) is 1.69. The lowest BCUT2D eigenvalue weighted by Gasteiger charge is -2.18. The van der Waals surface area contributed by atoms with Crippen molar-refractivity contribution in [2.75, 3.05) is 6.54 Å². The quantitative estimate of drug-likeness (QED) is 0.737. The Morgan fingerprint density at radius 3 is 2.22 bits per heavy atom. The third kappa shape index (κ3) is 10.9. The van der Waals surface area contributed by atoms with Crippen molar-refractivity contribution in [2.45, 2.75) is 46.3 Å². The van der Waals surface area contributed by atoms with Gasteiger partial charge in [-0.15, -0.1) is 0 Å². The van der Waals surface area contributed by atoms with E-state index < -0.39 is 11.0 Å². The number of halogens is 1. The van der Waals surface area contributed by atoms with Gasteiger partial charge in [0.05, 0.1) is 15.7 Å². The van der Waals surface area contributed by atoms with Gasteiger partial charge in [0.15, 0.2) is 0 Å². The Balaban J connectivity index is 0. The van der Waals surface area contributed by atoms with Crippen LogP contribution in [0.25, 0.3) is 0 Å². The van der Waals surface area contributed by atoms with Gasteiger partial charge in [0.1, 0.15) is 0 Å². The zero-order chi connectivity index (χ0) is 14.8. The van der Waals surface area contributed by atoms with Crippen LogP contribution < -0.4 is 4.72 Å². The highest BCUT2D eigenvalue weighted by Gasteiger charge is 2.18. The third-order valence-corrected chi connectivity index (χ3v) is 3.43. The van der Waals surface area contributed by atoms with E-state index in [0.717, 1.165) is 10.1 Å². The first-order valence-electron chi connectivity index (χ1n) is 6.10. The van der Waals surface area contributed by atoms with Gasteiger partial charge in [-0.2, -0.15) is 0 Å². The highest BCUT2D eigenvalue weighted by atomic mass is 79.9. The van der Waals surface area contributed by atoms with Gasteiger partial charge in [0, 0.05) is 11.0 Å². The van der Waals surface area contributed by atoms with Crippen LogP contribution in [0.1, 0.15) is 41.5 Å². The van der Waals surface area contributed by atoms with Crippen molar-refractivity contribution < 1.29 is 4.21 Å². The zero-order valence-electron chi connectivity index (χ0n) is 12.3. The van der Waals surface area contributed by atoms with Crippen molar-refractivity contribution in [2.24, 2.45) is 0 Å². The predicted molar refractivity (Wildman–Crippen MR) is 88.2 cm³/mol. The van der Waals surface area contributed by atoms with Crippen molar-refractivity contribution in [1.82, 2.24) is 4.72 Å². The van der Waals surface area contributed by atoms with Crippen LogP contribution >= 0.6 is 15.9 Å². The van der Waals surface area contributed by atoms with Crippen molar-refractivity contribution in [1.29, 1.82) is 0 Å². The van der Waals surface area contributed by atoms with E-state index in [0.29, 0.717) is 6.54 Å². The van der Waals surface area contributed by atoms with Crippen LogP contribution in [-0.4, -0.2) is 15.5 Å². The summed E-state index contributed by atoms with van der Waals surface area (Å²) >= 11 is 3.28. The Morgan fingerprint density at radius 1 is 1.39 bits per heavy atom. The Kier molecular flexibility index (Phi) is 12.0. The molecule has 18 heavy (non-hydrogen) atoms. The fourth-order valence-corrected chi connectivity index (χ4v) is 1.96. The van der Waals surface area contributed by atoms with E-state index in [1.165, 1.54) is 0 Å². The van der Waals surface area contributed by atoms with Crippen molar-refractivity contribution in [3.05, 3.63) is 34.9 Å². The van der Waals surface area contributed by atoms with E-state index >= 15 is 0 Å². The molecule has 0 saturated carbocycles. The van der Waals surface area contributed by atoms with Gasteiger partial charge in [-0.3, -0.25) is 0 Å². The van der Waals surface area contributed by atoms with Crippen molar-refractivity contribution in [3.63, 3.8) is 0 Å². The van der Waals surface area contributed by atoms with Crippen LogP contribution in [-0.2, 0) is 11.0 Å². The highest BCUT2D eigenvalue weighted by molar-refractivity contribution is 9.11. The molecule has 0 fully saturated rings. The Morgan fingerprint density at radius 2 is 1.89 bits per heavy atom. The molecule has 1 N–H and O–H groups in total. The first kappa shape index (κ1) is 20.1. The molecule has 4 heteroatoms. The molecule has 2 nitrogen and oxygen atoms in total. The molecule has 0 saturated heterocycles. The molecule has 0 aromatic carbocycles. The molecule has 0 heterocycles. The van der Waals surface area contributed by atoms with E-state index in [2.05, 4.69) is 27.2 Å². The van der Waals surface area contributed by atoms with E-state index in [4.69, 9.17) is 0 Å². The van der Waals surface area contributed by atoms with Gasteiger partial charge in [0.25, 0.3) is 0 Å². The van der Waals surface area contributed by atoms with Gasteiger partial charge in [-0.25, -0.2) is 8.93 Å². The van der Waals surface area contributed by atoms with Crippen molar-refractivity contribution >= 4 is 26.9 Å². The lowest BCUT2D eigenvalue weighted by molar-refractivity contribution is 0.639. The normalized spacial score (nSPS) is 14.1. The lowest BCUT2D eigenvalue weighted by atomic mass is 10.2. The van der Waals surface area contributed by atoms with Crippen LogP contribution in [0.4, 0.5) is 0 Å². The minimum atomic E-state index is -1.05. The monoisotopic (exact) mass is 335 g/mol. The number of rotatable bonds is 5. The maximum absolute atomic E-state index is 11.8. The summed E-state index contributed by atoms with van der Waals surface area (Å²) in [4.78, 5) is 0. The molecule has 0 aromatic rings. The minimum Gasteiger partial charge on any atom is -0.242 e. The smallest absolute Gasteiger partial charge is 0.0973 e. The first-order chi connectivity index (χ1) is 8.27. The number of nitrogens with one attached hydrogen (secondary N) is 1. The van der Waals surface area contributed by atoms with E-state index in [1.807, 2.05) is 59.8 Å². The molecule has 0 aliphatic rings. The maximum atomic E-state index is 11.8. The van der Waals surface area contributed by atoms with E-state index in [-0.39, 0.29) is 4.75 Å². The SMILES string of the molecule is C=C(Br)/C=C(\C=C/C)CNS(=O)C(C)(C)C.CC. The summed E-state index contributed by atoms with van der Waals surface area (Å²) in [5.41, 5.74) is 1.04. The molecule has 0 spiro atoms. The van der Waals surface area contributed by atoms with E-state index in [1.54, 1.807) is 0 Å². The van der Waals surface area contributed by atoms with Gasteiger partial charge in [-0.05, 0) is 39.3 Å². The van der Waals surface area contributed by atoms with Gasteiger partial charge >= 0.3 is 0 Å². The molecule has 0 bridgehead atoms. The largest absolute Gasteiger partial charge is 0.242 e. The molecule has 0 rings (SSSR count). The van der Waals surface area contributed by atoms with Crippen LogP contribution in [0.15, 0.2) is 34.9 Å². The molecule has 0 radical (unpaired) electrons. The van der Waals surface area contributed by atoms with Crippen LogP contribution in [0.3, 0.4) is 0 Å². The van der Waals surface area contributed by atoms with Gasteiger partial charge < -0.3 is 0 Å². The summed E-state index contributed by atoms with van der Waals surface area (Å²) in [6, 6.07) is 0. The molecule has 0 aliphatic heterocycles. The second-order valence-electron chi connectivity index (χ2n) is 4.37. The van der Waals surface area contributed by atoms with Crippen LogP contribution in [0.5, 0.6) is 0 Å². The molecule has 106 valence electrons. The highest BCUT2D eigenvalue weighted by Crippen LogP contribution is 2.11. The second-order valence-corrected chi connectivity index (χ2v) is 7.44. The first-order valence-corrected chi connectivity index (χ1v) is 8.04. The van der Waals surface area contributed by atoms with E-state index in [9.17, 15) is 4.21 Å². The average molecular weight is 336 g/mol. The zero-order valence-corrected chi connectivity index (χ0v) is 14.7. The number of hydrogen-bond donors (Lipinski definition) is 1. The molecule has 0 aromatic heterocycles. The molecule has 1 atom stereocenters. The standard InChI is InChI=1S/C12H20BrNOS.C2H6/c1-6-7-11(8-10(2)13)9-14-16(15)12(3,4)5;1-2/h6-8,14H,2,9H2,1,3-5H3;1-2H3/b7-6-,11-8+;. The second kappa shape index (κ2) is 10.7. The topological polar surface area (TPSA) is 29.1 Å². The lowest BCUT2D eigenvalue weighted by Crippen LogP contribution is -2.34. The molecule has 0 aliphatic carbocycles. The molecule has 1 unspecified atom stereocenters. The summed E-state index contributed by atoms with van der Waals surface area (Å²) in [5.74, 6) is 0. The fourth-order valence-electron chi connectivity index (χ4n) is 0.939. The fraction of sp³-hybridized carbons (Fsp3) is 0.571. The van der Waals surface area contributed by atoms with Crippen LogP contribution in [0.2, 0.25) is 0 Å². The number of allylic oxidation sites excluding steroid dienone is 3. The Bertz CT molecular complexity index is 327.